The second-order valence-electron chi connectivity index (χ2n) is 6.84. The molecule has 1 atom stereocenters. The molecule has 0 aliphatic rings. The van der Waals surface area contributed by atoms with E-state index >= 15 is 0 Å². The molecule has 0 bridgehead atoms. The molecule has 0 rings (SSSR count). The van der Waals surface area contributed by atoms with Crippen LogP contribution < -0.4 is 5.32 Å². The molecule has 0 aromatic rings. The maximum absolute atomic E-state index is 12.3. The van der Waals surface area contributed by atoms with Gasteiger partial charge in [0, 0.05) is 7.05 Å². The molecule has 1 N–H and O–H groups in total. The maximum Gasteiger partial charge on any atom is 0.226 e. The van der Waals surface area contributed by atoms with Crippen LogP contribution in [0.25, 0.3) is 0 Å². The van der Waals surface area contributed by atoms with E-state index in [1.165, 1.54) is 0 Å². The van der Waals surface area contributed by atoms with Gasteiger partial charge in [-0.2, -0.15) is 0 Å². The molecule has 0 spiro atoms. The Morgan fingerprint density at radius 2 is 1.47 bits per heavy atom. The molecule has 0 saturated carbocycles. The van der Waals surface area contributed by atoms with Crippen LogP contribution in [0.4, 0.5) is 0 Å². The summed E-state index contributed by atoms with van der Waals surface area (Å²) in [5.74, 6) is 0.172. The molecule has 0 aliphatic heterocycles. The zero-order chi connectivity index (χ0) is 13.9. The van der Waals surface area contributed by atoms with Gasteiger partial charge in [-0.05, 0) is 23.7 Å². The molecule has 0 heterocycles. The van der Waals surface area contributed by atoms with Crippen LogP contribution >= 0.6 is 0 Å². The molecule has 17 heavy (non-hydrogen) atoms. The Labute approximate surface area is 108 Å². The monoisotopic (exact) mass is 241 g/mol. The minimum Gasteiger partial charge on any atom is -0.359 e. The zero-order valence-corrected chi connectivity index (χ0v) is 13.0. The quantitative estimate of drug-likeness (QED) is 0.748. The second kappa shape index (κ2) is 5.41. The summed E-state index contributed by atoms with van der Waals surface area (Å²) >= 11 is 0. The van der Waals surface area contributed by atoms with E-state index < -0.39 is 0 Å². The van der Waals surface area contributed by atoms with E-state index in [1.807, 2.05) is 0 Å². The van der Waals surface area contributed by atoms with Gasteiger partial charge in [-0.25, -0.2) is 0 Å². The van der Waals surface area contributed by atoms with Crippen molar-refractivity contribution in [3.05, 3.63) is 0 Å². The van der Waals surface area contributed by atoms with Crippen LogP contribution in [0, 0.1) is 16.2 Å². The fourth-order valence-corrected chi connectivity index (χ4v) is 2.38. The number of amides is 1. The third-order valence-electron chi connectivity index (χ3n) is 4.90. The molecule has 0 aliphatic carbocycles. The summed E-state index contributed by atoms with van der Waals surface area (Å²) in [5.41, 5.74) is -0.0940. The average Bonchev–Trinajstić information content (AvgIpc) is 2.26. The molecule has 0 fully saturated rings. The van der Waals surface area contributed by atoms with Crippen LogP contribution in [0.5, 0.6) is 0 Å². The number of carbonyl (C=O) groups is 1. The zero-order valence-electron chi connectivity index (χ0n) is 13.0. The summed E-state index contributed by atoms with van der Waals surface area (Å²) in [6.45, 7) is 15.4. The van der Waals surface area contributed by atoms with Crippen molar-refractivity contribution >= 4 is 5.91 Å². The van der Waals surface area contributed by atoms with Gasteiger partial charge in [0.2, 0.25) is 5.91 Å². The van der Waals surface area contributed by atoms with Gasteiger partial charge < -0.3 is 5.32 Å². The molecule has 0 aromatic carbocycles. The molecular formula is C15H31NO. The summed E-state index contributed by atoms with van der Waals surface area (Å²) in [4.78, 5) is 12.3. The summed E-state index contributed by atoms with van der Waals surface area (Å²) in [7, 11) is 1.74. The van der Waals surface area contributed by atoms with Crippen molar-refractivity contribution < 1.29 is 4.79 Å². The highest BCUT2D eigenvalue weighted by atomic mass is 16.2. The Morgan fingerprint density at radius 3 is 1.76 bits per heavy atom. The first kappa shape index (κ1) is 16.5. The lowest BCUT2D eigenvalue weighted by Crippen LogP contribution is -2.49. The SMILES string of the molecule is CCC(C)(C)CC(C)(C(=O)NC)C(C)(C)CC. The van der Waals surface area contributed by atoms with Crippen molar-refractivity contribution in [2.45, 2.75) is 67.7 Å². The normalized spacial score (nSPS) is 16.5. The van der Waals surface area contributed by atoms with E-state index in [4.69, 9.17) is 0 Å². The molecule has 0 aromatic heterocycles. The molecule has 2 nitrogen and oxygen atoms in total. The van der Waals surface area contributed by atoms with Crippen molar-refractivity contribution in [1.29, 1.82) is 0 Å². The number of hydrogen-bond acceptors (Lipinski definition) is 1. The van der Waals surface area contributed by atoms with Crippen molar-refractivity contribution in [2.75, 3.05) is 7.05 Å². The smallest absolute Gasteiger partial charge is 0.226 e. The summed E-state index contributed by atoms with van der Waals surface area (Å²) in [5, 5.41) is 2.85. The van der Waals surface area contributed by atoms with Crippen LogP contribution in [0.3, 0.4) is 0 Å². The van der Waals surface area contributed by atoms with Crippen LogP contribution in [0.2, 0.25) is 0 Å². The Hall–Kier alpha value is -0.530. The first-order valence-corrected chi connectivity index (χ1v) is 6.78. The Kier molecular flexibility index (Phi) is 5.24. The van der Waals surface area contributed by atoms with E-state index in [2.05, 4.69) is 53.8 Å². The Bertz CT molecular complexity index is 268. The van der Waals surface area contributed by atoms with Crippen molar-refractivity contribution in [2.24, 2.45) is 16.2 Å². The van der Waals surface area contributed by atoms with Crippen molar-refractivity contribution in [3.63, 3.8) is 0 Å². The van der Waals surface area contributed by atoms with E-state index in [0.717, 1.165) is 19.3 Å². The lowest BCUT2D eigenvalue weighted by Gasteiger charge is -2.46. The van der Waals surface area contributed by atoms with Crippen LogP contribution in [0.15, 0.2) is 0 Å². The topological polar surface area (TPSA) is 29.1 Å². The molecule has 0 radical (unpaired) electrons. The lowest BCUT2D eigenvalue weighted by molar-refractivity contribution is -0.139. The van der Waals surface area contributed by atoms with E-state index in [1.54, 1.807) is 7.05 Å². The minimum absolute atomic E-state index is 0.0134. The molecule has 102 valence electrons. The molecule has 1 unspecified atom stereocenters. The predicted molar refractivity (Wildman–Crippen MR) is 74.9 cm³/mol. The summed E-state index contributed by atoms with van der Waals surface area (Å²) in [6.07, 6.45) is 3.03. The standard InChI is InChI=1S/C15H31NO/c1-9-13(3,4)11-15(7,12(17)16-8)14(5,6)10-2/h9-11H2,1-8H3,(H,16,17). The Balaban J connectivity index is 5.34. The highest BCUT2D eigenvalue weighted by Gasteiger charge is 2.47. The second-order valence-corrected chi connectivity index (χ2v) is 6.84. The molecule has 2 heteroatoms. The minimum atomic E-state index is -0.310. The number of carbonyl (C=O) groups excluding carboxylic acids is 1. The lowest BCUT2D eigenvalue weighted by atomic mass is 9.58. The van der Waals surface area contributed by atoms with Gasteiger partial charge in [0.1, 0.15) is 0 Å². The maximum atomic E-state index is 12.3. The number of rotatable bonds is 6. The van der Waals surface area contributed by atoms with Gasteiger partial charge >= 0.3 is 0 Å². The molecule has 1 amide bonds. The van der Waals surface area contributed by atoms with Gasteiger partial charge in [0.15, 0.2) is 0 Å². The fraction of sp³-hybridized carbons (Fsp3) is 0.933. The Morgan fingerprint density at radius 1 is 1.00 bits per heavy atom. The van der Waals surface area contributed by atoms with Gasteiger partial charge in [-0.1, -0.05) is 54.9 Å². The van der Waals surface area contributed by atoms with Crippen molar-refractivity contribution in [3.8, 4) is 0 Å². The molecular weight excluding hydrogens is 210 g/mol. The highest BCUT2D eigenvalue weighted by Crippen LogP contribution is 2.49. The number of nitrogens with one attached hydrogen (secondary N) is 1. The van der Waals surface area contributed by atoms with Gasteiger partial charge in [0.05, 0.1) is 5.41 Å². The third-order valence-corrected chi connectivity index (χ3v) is 4.90. The highest BCUT2D eigenvalue weighted by molar-refractivity contribution is 5.82. The van der Waals surface area contributed by atoms with Crippen LogP contribution in [-0.2, 0) is 4.79 Å². The largest absolute Gasteiger partial charge is 0.359 e. The van der Waals surface area contributed by atoms with Crippen molar-refractivity contribution in [1.82, 2.24) is 5.32 Å². The van der Waals surface area contributed by atoms with E-state index in [-0.39, 0.29) is 22.2 Å². The van der Waals surface area contributed by atoms with Gasteiger partial charge in [-0.3, -0.25) is 4.79 Å². The van der Waals surface area contributed by atoms with E-state index in [0.29, 0.717) is 0 Å². The van der Waals surface area contributed by atoms with Gasteiger partial charge in [0.25, 0.3) is 0 Å². The van der Waals surface area contributed by atoms with E-state index in [9.17, 15) is 4.79 Å². The fourth-order valence-electron chi connectivity index (χ4n) is 2.38. The van der Waals surface area contributed by atoms with Crippen LogP contribution in [-0.4, -0.2) is 13.0 Å². The van der Waals surface area contributed by atoms with Crippen LogP contribution in [0.1, 0.15) is 67.7 Å². The van der Waals surface area contributed by atoms with Gasteiger partial charge in [-0.15, -0.1) is 0 Å². The summed E-state index contributed by atoms with van der Waals surface area (Å²) < 4.78 is 0. The average molecular weight is 241 g/mol. The molecule has 0 saturated heterocycles. The number of hydrogen-bond donors (Lipinski definition) is 1. The third kappa shape index (κ3) is 3.46. The first-order valence-electron chi connectivity index (χ1n) is 6.78. The predicted octanol–water partition coefficient (Wildman–Crippen LogP) is 4.00. The summed E-state index contributed by atoms with van der Waals surface area (Å²) in [6, 6.07) is 0. The first-order chi connectivity index (χ1) is 7.56.